The quantitative estimate of drug-likeness (QED) is 0.254. The van der Waals surface area contributed by atoms with E-state index in [0.717, 1.165) is 54.8 Å². The van der Waals surface area contributed by atoms with E-state index in [4.69, 9.17) is 16.6 Å². The summed E-state index contributed by atoms with van der Waals surface area (Å²) in [7, 11) is -1.55. The van der Waals surface area contributed by atoms with Crippen LogP contribution in [0.2, 0.25) is 19.1 Å². The number of benzene rings is 1. The zero-order chi connectivity index (χ0) is 23.8. The highest BCUT2D eigenvalue weighted by Crippen LogP contribution is 2.59. The average Bonchev–Trinajstić information content (AvgIpc) is 2.82. The number of likely N-dealkylation sites (tertiary alicyclic amines) is 1. The predicted molar refractivity (Wildman–Crippen MR) is 146 cm³/mol. The molecule has 0 radical (unpaired) electrons. The molecule has 0 N–H and O–H groups in total. The van der Waals surface area contributed by atoms with Crippen molar-refractivity contribution >= 4 is 19.7 Å². The number of hydrogen-bond donors (Lipinski definition) is 0. The third-order valence-electron chi connectivity index (χ3n) is 8.63. The molecule has 1 saturated carbocycles. The van der Waals surface area contributed by atoms with E-state index in [-0.39, 0.29) is 5.54 Å². The fraction of sp³-hybridized carbons (Fsp3) is 0.567. The Morgan fingerprint density at radius 2 is 2.00 bits per heavy atom. The zero-order valence-electron chi connectivity index (χ0n) is 21.1. The second kappa shape index (κ2) is 9.80. The third-order valence-corrected chi connectivity index (χ3v) is 11.3. The topological polar surface area (TPSA) is 16.1 Å². The highest BCUT2D eigenvalue weighted by atomic mass is 35.5. The monoisotopic (exact) mass is 490 g/mol. The van der Waals surface area contributed by atoms with Crippen molar-refractivity contribution in [2.45, 2.75) is 76.7 Å². The van der Waals surface area contributed by atoms with Crippen LogP contribution >= 0.6 is 11.6 Å². The Kier molecular flexibility index (Phi) is 6.95. The molecule has 2 nitrogen and oxygen atoms in total. The Morgan fingerprint density at radius 1 is 1.18 bits per heavy atom. The van der Waals surface area contributed by atoms with E-state index in [0.29, 0.717) is 0 Å². The van der Waals surface area contributed by atoms with E-state index in [1.807, 2.05) is 0 Å². The number of pyridine rings is 1. The lowest BCUT2D eigenvalue weighted by atomic mass is 9.53. The van der Waals surface area contributed by atoms with Crippen LogP contribution in [0.25, 0.3) is 0 Å². The summed E-state index contributed by atoms with van der Waals surface area (Å²) in [5.74, 6) is 6.49. The number of rotatable bonds is 5. The molecule has 2 aliphatic carbocycles. The van der Waals surface area contributed by atoms with Crippen LogP contribution in [-0.2, 0) is 18.5 Å². The first kappa shape index (κ1) is 24.1. The van der Waals surface area contributed by atoms with Gasteiger partial charge in [0.25, 0.3) is 0 Å². The van der Waals surface area contributed by atoms with Gasteiger partial charge in [-0.25, -0.2) is 4.98 Å². The summed E-state index contributed by atoms with van der Waals surface area (Å²) in [4.78, 5) is 8.07. The van der Waals surface area contributed by atoms with Crippen molar-refractivity contribution in [2.24, 2.45) is 17.8 Å². The van der Waals surface area contributed by atoms with Gasteiger partial charge in [-0.3, -0.25) is 4.90 Å². The summed E-state index contributed by atoms with van der Waals surface area (Å²) >= 11 is 5.94. The van der Waals surface area contributed by atoms with Gasteiger partial charge in [0.2, 0.25) is 0 Å². The molecule has 1 aliphatic heterocycles. The molecule has 5 rings (SSSR count). The lowest BCUT2D eigenvalue weighted by molar-refractivity contribution is -0.0968. The number of halogens is 1. The summed E-state index contributed by atoms with van der Waals surface area (Å²) in [5, 5.41) is 0. The standard InChI is InChI=1S/C30H39ClN2Si/c1-23-19-25-20-29-28(13-12-26(32-29)14-18-34(2,3)17-8-15-31)30(21-23)27(25)11-7-16-33(30)22-24-9-5-4-6-10-24/h4-6,9-10,12-13,23,25,27H,7-8,11,15-17,19-22H2,1-3H3/t23-,25+,27-,30-/m1/s1. The smallest absolute Gasteiger partial charge is 0.133 e. The molecule has 1 aromatic heterocycles. The molecule has 2 bridgehead atoms. The van der Waals surface area contributed by atoms with Crippen molar-refractivity contribution in [1.82, 2.24) is 9.88 Å². The summed E-state index contributed by atoms with van der Waals surface area (Å²) in [6.45, 7) is 9.41. The van der Waals surface area contributed by atoms with Gasteiger partial charge in [0.05, 0.1) is 5.54 Å². The first-order chi connectivity index (χ1) is 16.4. The Balaban J connectivity index is 1.52. The van der Waals surface area contributed by atoms with Crippen LogP contribution in [0.15, 0.2) is 42.5 Å². The number of piperidine rings is 1. The molecule has 4 heteroatoms. The minimum absolute atomic E-state index is 0.136. The van der Waals surface area contributed by atoms with Crippen LogP contribution in [0.4, 0.5) is 0 Å². The SMILES string of the molecule is C[C@@H]1C[C@H]2Cc3nc(C#C[Si](C)(C)CCCCl)ccc3[C@@]3(C1)[C@@H]2CCCN3Cc1ccccc1. The molecular weight excluding hydrogens is 452 g/mol. The van der Waals surface area contributed by atoms with Crippen molar-refractivity contribution in [3.63, 3.8) is 0 Å². The molecule has 34 heavy (non-hydrogen) atoms. The summed E-state index contributed by atoms with van der Waals surface area (Å²) in [6.07, 6.45) is 7.49. The van der Waals surface area contributed by atoms with E-state index < -0.39 is 8.07 Å². The van der Waals surface area contributed by atoms with Gasteiger partial charge in [-0.15, -0.1) is 17.1 Å². The third kappa shape index (κ3) is 4.62. The van der Waals surface area contributed by atoms with Gasteiger partial charge < -0.3 is 0 Å². The molecule has 1 aromatic carbocycles. The van der Waals surface area contributed by atoms with Crippen LogP contribution in [0.1, 0.15) is 61.5 Å². The minimum Gasteiger partial charge on any atom is -0.289 e. The molecule has 3 aliphatic rings. The van der Waals surface area contributed by atoms with Gasteiger partial charge in [0, 0.05) is 18.1 Å². The van der Waals surface area contributed by atoms with Crippen LogP contribution in [0.3, 0.4) is 0 Å². The van der Waals surface area contributed by atoms with Gasteiger partial charge in [0.1, 0.15) is 13.8 Å². The first-order valence-corrected chi connectivity index (χ1v) is 17.0. The lowest BCUT2D eigenvalue weighted by Gasteiger charge is -2.61. The summed E-state index contributed by atoms with van der Waals surface area (Å²) < 4.78 is 0. The Hall–Kier alpha value is -1.60. The number of alkyl halides is 1. The van der Waals surface area contributed by atoms with E-state index in [9.17, 15) is 0 Å². The zero-order valence-corrected chi connectivity index (χ0v) is 22.9. The second-order valence-electron chi connectivity index (χ2n) is 11.7. The van der Waals surface area contributed by atoms with Gasteiger partial charge in [0.15, 0.2) is 0 Å². The fourth-order valence-corrected chi connectivity index (χ4v) is 9.29. The summed E-state index contributed by atoms with van der Waals surface area (Å²) in [5.41, 5.74) is 9.01. The van der Waals surface area contributed by atoms with E-state index >= 15 is 0 Å². The molecule has 2 aromatic rings. The fourth-order valence-electron chi connectivity index (χ4n) is 7.28. The number of aromatic nitrogens is 1. The highest BCUT2D eigenvalue weighted by molar-refractivity contribution is 6.85. The maximum atomic E-state index is 5.94. The van der Waals surface area contributed by atoms with Crippen molar-refractivity contribution in [3.05, 3.63) is 65.0 Å². The van der Waals surface area contributed by atoms with Gasteiger partial charge >= 0.3 is 0 Å². The normalized spacial score (nSPS) is 28.4. The Bertz CT molecular complexity index is 1070. The molecule has 4 atom stereocenters. The van der Waals surface area contributed by atoms with Gasteiger partial charge in [-0.1, -0.05) is 62.3 Å². The van der Waals surface area contributed by atoms with Gasteiger partial charge in [-0.2, -0.15) is 0 Å². The molecular formula is C30H39ClN2Si. The Morgan fingerprint density at radius 3 is 2.79 bits per heavy atom. The van der Waals surface area contributed by atoms with E-state index in [2.05, 4.69) is 78.8 Å². The molecule has 2 fully saturated rings. The average molecular weight is 491 g/mol. The van der Waals surface area contributed by atoms with Crippen LogP contribution in [-0.4, -0.2) is 30.4 Å². The van der Waals surface area contributed by atoms with Crippen molar-refractivity contribution in [3.8, 4) is 11.5 Å². The van der Waals surface area contributed by atoms with Crippen molar-refractivity contribution in [2.75, 3.05) is 12.4 Å². The van der Waals surface area contributed by atoms with Crippen molar-refractivity contribution < 1.29 is 0 Å². The summed E-state index contributed by atoms with van der Waals surface area (Å²) in [6, 6.07) is 16.9. The first-order valence-electron chi connectivity index (χ1n) is 13.3. The molecule has 2 heterocycles. The van der Waals surface area contributed by atoms with E-state index in [1.165, 1.54) is 49.0 Å². The Labute approximate surface area is 212 Å². The molecule has 0 unspecified atom stereocenters. The predicted octanol–water partition coefficient (Wildman–Crippen LogP) is 7.02. The number of nitrogens with zero attached hydrogens (tertiary/aromatic N) is 2. The molecule has 0 spiro atoms. The van der Waals surface area contributed by atoms with Gasteiger partial charge in [-0.05, 0) is 86.1 Å². The molecule has 180 valence electrons. The maximum absolute atomic E-state index is 5.94. The molecule has 0 amide bonds. The number of hydrogen-bond acceptors (Lipinski definition) is 2. The largest absolute Gasteiger partial charge is 0.289 e. The second-order valence-corrected chi connectivity index (χ2v) is 16.6. The molecule has 1 saturated heterocycles. The van der Waals surface area contributed by atoms with E-state index in [1.54, 1.807) is 0 Å². The van der Waals surface area contributed by atoms with Crippen LogP contribution in [0, 0.1) is 29.2 Å². The van der Waals surface area contributed by atoms with Crippen LogP contribution < -0.4 is 0 Å². The minimum atomic E-state index is -1.55. The highest BCUT2D eigenvalue weighted by Gasteiger charge is 2.57. The maximum Gasteiger partial charge on any atom is 0.133 e. The number of fused-ring (bicyclic) bond motifs is 1. The van der Waals surface area contributed by atoms with Crippen molar-refractivity contribution in [1.29, 1.82) is 0 Å². The van der Waals surface area contributed by atoms with Crippen LogP contribution in [0.5, 0.6) is 0 Å². The lowest BCUT2D eigenvalue weighted by Crippen LogP contribution is -2.61.